The number of carbonyl (C=O) groups excluding carboxylic acids is 5. The first-order valence-corrected chi connectivity index (χ1v) is 16.5. The van der Waals surface area contributed by atoms with Crippen LogP contribution in [0.4, 0.5) is 0 Å². The summed E-state index contributed by atoms with van der Waals surface area (Å²) in [7, 11) is 0. The number of Topliss-reactive ketones (excluding diaryl/α,β-unsaturated/α-hetero) is 2. The lowest BCUT2D eigenvalue weighted by Crippen LogP contribution is -2.36. The lowest BCUT2D eigenvalue weighted by atomic mass is 9.85. The van der Waals surface area contributed by atoms with E-state index in [0.717, 1.165) is 31.3 Å². The van der Waals surface area contributed by atoms with Crippen LogP contribution in [0.2, 0.25) is 0 Å². The van der Waals surface area contributed by atoms with Crippen molar-refractivity contribution in [1.82, 2.24) is 0 Å². The van der Waals surface area contributed by atoms with Gasteiger partial charge in [0.2, 0.25) is 0 Å². The molecule has 0 aromatic heterocycles. The molecule has 4 N–H and O–H groups in total. The van der Waals surface area contributed by atoms with E-state index < -0.39 is 66.7 Å². The molecule has 0 fully saturated rings. The predicted molar refractivity (Wildman–Crippen MR) is 171 cm³/mol. The summed E-state index contributed by atoms with van der Waals surface area (Å²) in [4.78, 5) is 59.8. The fraction of sp³-hybridized carbons (Fsp3) is 0.743. The number of hydrogen-bond acceptors (Lipinski definition) is 11. The van der Waals surface area contributed by atoms with Crippen LogP contribution in [0.15, 0.2) is 22.8 Å². The van der Waals surface area contributed by atoms with Crippen LogP contribution < -0.4 is 0 Å². The van der Waals surface area contributed by atoms with Gasteiger partial charge in [-0.25, -0.2) is 9.59 Å². The van der Waals surface area contributed by atoms with E-state index in [1.165, 1.54) is 20.8 Å². The third kappa shape index (κ3) is 13.6. The molecule has 11 nitrogen and oxygen atoms in total. The van der Waals surface area contributed by atoms with Crippen molar-refractivity contribution in [2.75, 3.05) is 0 Å². The maximum absolute atomic E-state index is 12.9. The molecule has 0 aliphatic carbocycles. The average molecular weight is 653 g/mol. The molecule has 0 saturated heterocycles. The largest absolute Gasteiger partial charge is 0.462 e. The Morgan fingerprint density at radius 1 is 0.848 bits per heavy atom. The van der Waals surface area contributed by atoms with Crippen molar-refractivity contribution >= 4 is 29.5 Å². The Morgan fingerprint density at radius 3 is 2.00 bits per heavy atom. The van der Waals surface area contributed by atoms with E-state index in [2.05, 4.69) is 18.6 Å². The highest BCUT2D eigenvalue weighted by Crippen LogP contribution is 2.26. The third-order valence-corrected chi connectivity index (χ3v) is 9.11. The van der Waals surface area contributed by atoms with Crippen LogP contribution in [0, 0.1) is 23.7 Å². The number of esters is 3. The molecule has 9 atom stereocenters. The van der Waals surface area contributed by atoms with Gasteiger partial charge in [-0.1, -0.05) is 40.7 Å². The number of allylic oxidation sites excluding steroid dienone is 1. The highest BCUT2D eigenvalue weighted by atomic mass is 16.6. The van der Waals surface area contributed by atoms with Gasteiger partial charge in [-0.2, -0.15) is 0 Å². The SMILES string of the molecule is CC/C(=C\CC[C@H](C)C[C@@H](C)CC[C@H](O)[C@H](C)C(=O)C[C@@H](O)[C@H](C)[C@@H](C)OC(=O)C[C@@H](O)C1=C(C)C(=O)OC1=O)C(O)CC(C)=O. The summed E-state index contributed by atoms with van der Waals surface area (Å²) >= 11 is 0. The fourth-order valence-corrected chi connectivity index (χ4v) is 5.69. The summed E-state index contributed by atoms with van der Waals surface area (Å²) in [6.45, 7) is 13.8. The molecule has 0 radical (unpaired) electrons. The molecule has 1 aliphatic rings. The number of aliphatic hydroxyl groups excluding tert-OH is 4. The Balaban J connectivity index is 2.48. The van der Waals surface area contributed by atoms with Gasteiger partial charge in [-0.05, 0) is 76.7 Å². The zero-order valence-electron chi connectivity index (χ0n) is 28.8. The molecule has 1 rings (SSSR count). The van der Waals surface area contributed by atoms with Crippen LogP contribution in [0.5, 0.6) is 0 Å². The van der Waals surface area contributed by atoms with Crippen molar-refractivity contribution in [3.05, 3.63) is 22.8 Å². The van der Waals surface area contributed by atoms with Gasteiger partial charge in [0.05, 0.1) is 36.4 Å². The Morgan fingerprint density at radius 2 is 1.46 bits per heavy atom. The fourth-order valence-electron chi connectivity index (χ4n) is 5.69. The normalized spacial score (nSPS) is 19.9. The van der Waals surface area contributed by atoms with Gasteiger partial charge in [0.1, 0.15) is 17.7 Å². The number of rotatable bonds is 22. The van der Waals surface area contributed by atoms with E-state index in [0.29, 0.717) is 24.7 Å². The van der Waals surface area contributed by atoms with Crippen molar-refractivity contribution < 1.29 is 53.9 Å². The average Bonchev–Trinajstić information content (AvgIpc) is 3.22. The van der Waals surface area contributed by atoms with Crippen LogP contribution in [0.1, 0.15) is 113 Å². The lowest BCUT2D eigenvalue weighted by molar-refractivity contribution is -0.154. The number of aliphatic hydroxyl groups is 4. The van der Waals surface area contributed by atoms with E-state index in [1.54, 1.807) is 13.8 Å². The first kappa shape index (κ1) is 41.3. The van der Waals surface area contributed by atoms with E-state index in [1.807, 2.05) is 13.0 Å². The van der Waals surface area contributed by atoms with Gasteiger partial charge in [0.25, 0.3) is 0 Å². The van der Waals surface area contributed by atoms with Crippen LogP contribution in [0.25, 0.3) is 0 Å². The second-order valence-corrected chi connectivity index (χ2v) is 13.2. The Kier molecular flexibility index (Phi) is 17.8. The molecule has 0 bridgehead atoms. The van der Waals surface area contributed by atoms with E-state index in [9.17, 15) is 44.4 Å². The standard InChI is InChI=1S/C35H56O11/c1-9-26(30(40)16-21(4)36)12-10-11-19(2)15-20(3)13-14-27(37)23(6)29(39)17-28(38)22(5)25(8)45-32(42)18-31(41)33-24(7)34(43)46-35(33)44/h12,19-20,22-23,25,27-28,30-31,37-38,40-41H,9-11,13-18H2,1-8H3/b26-12+/t19-,20-,22+,23-,25+,27-,28+,30?,31+/m0/s1. The van der Waals surface area contributed by atoms with Crippen molar-refractivity contribution in [3.8, 4) is 0 Å². The smallest absolute Gasteiger partial charge is 0.345 e. The second kappa shape index (κ2) is 19.8. The number of carbonyl (C=O) groups is 5. The zero-order valence-corrected chi connectivity index (χ0v) is 28.8. The zero-order chi connectivity index (χ0) is 35.3. The van der Waals surface area contributed by atoms with Crippen LogP contribution in [-0.4, -0.2) is 80.4 Å². The molecule has 0 aromatic carbocycles. The van der Waals surface area contributed by atoms with Gasteiger partial charge >= 0.3 is 17.9 Å². The topological polar surface area (TPSA) is 185 Å². The molecule has 0 saturated carbocycles. The molecule has 46 heavy (non-hydrogen) atoms. The van der Waals surface area contributed by atoms with Gasteiger partial charge in [0, 0.05) is 30.3 Å². The van der Waals surface area contributed by atoms with E-state index in [-0.39, 0.29) is 35.6 Å². The summed E-state index contributed by atoms with van der Waals surface area (Å²) in [6, 6.07) is 0. The molecule has 1 unspecified atom stereocenters. The Bertz CT molecular complexity index is 1120. The van der Waals surface area contributed by atoms with Crippen molar-refractivity contribution in [2.24, 2.45) is 23.7 Å². The first-order chi connectivity index (χ1) is 21.4. The molecule has 1 aliphatic heterocycles. The van der Waals surface area contributed by atoms with Crippen LogP contribution in [-0.2, 0) is 33.4 Å². The first-order valence-electron chi connectivity index (χ1n) is 16.5. The highest BCUT2D eigenvalue weighted by Gasteiger charge is 2.36. The van der Waals surface area contributed by atoms with Gasteiger partial charge in [0.15, 0.2) is 0 Å². The maximum Gasteiger partial charge on any atom is 0.345 e. The van der Waals surface area contributed by atoms with Crippen LogP contribution in [0.3, 0.4) is 0 Å². The third-order valence-electron chi connectivity index (χ3n) is 9.11. The summed E-state index contributed by atoms with van der Waals surface area (Å²) in [6.07, 6.45) is 0.791. The summed E-state index contributed by atoms with van der Waals surface area (Å²) in [5.41, 5.74) is 0.530. The minimum atomic E-state index is -1.58. The molecule has 262 valence electrons. The maximum atomic E-state index is 12.9. The van der Waals surface area contributed by atoms with Crippen molar-refractivity contribution in [2.45, 2.75) is 144 Å². The highest BCUT2D eigenvalue weighted by molar-refractivity contribution is 6.12. The Hall–Kier alpha value is -2.73. The Labute approximate surface area is 273 Å². The molecule has 0 amide bonds. The van der Waals surface area contributed by atoms with Crippen molar-refractivity contribution in [3.63, 3.8) is 0 Å². The number of cyclic esters (lactones) is 2. The summed E-state index contributed by atoms with van der Waals surface area (Å²) < 4.78 is 9.74. The molecule has 0 aromatic rings. The molecular weight excluding hydrogens is 596 g/mol. The quantitative estimate of drug-likeness (QED) is 0.0755. The molecular formula is C35H56O11. The second-order valence-electron chi connectivity index (χ2n) is 13.2. The van der Waals surface area contributed by atoms with E-state index >= 15 is 0 Å². The van der Waals surface area contributed by atoms with Crippen LogP contribution >= 0.6 is 0 Å². The van der Waals surface area contributed by atoms with Gasteiger partial charge < -0.3 is 29.9 Å². The number of ketones is 2. The number of hydrogen-bond donors (Lipinski definition) is 4. The molecule has 11 heteroatoms. The molecule has 1 heterocycles. The van der Waals surface area contributed by atoms with Gasteiger partial charge in [-0.15, -0.1) is 0 Å². The number of ether oxygens (including phenoxy) is 2. The minimum absolute atomic E-state index is 0.0364. The van der Waals surface area contributed by atoms with Gasteiger partial charge in [-0.3, -0.25) is 14.4 Å². The molecule has 0 spiro atoms. The minimum Gasteiger partial charge on any atom is -0.462 e. The predicted octanol–water partition coefficient (Wildman–Crippen LogP) is 3.92. The summed E-state index contributed by atoms with van der Waals surface area (Å²) in [5.74, 6) is -3.67. The van der Waals surface area contributed by atoms with E-state index in [4.69, 9.17) is 4.74 Å². The van der Waals surface area contributed by atoms with Crippen molar-refractivity contribution in [1.29, 1.82) is 0 Å². The summed E-state index contributed by atoms with van der Waals surface area (Å²) in [5, 5.41) is 41.8. The lowest BCUT2D eigenvalue weighted by Gasteiger charge is -2.27. The monoisotopic (exact) mass is 652 g/mol.